The zero-order chi connectivity index (χ0) is 31.3. The van der Waals surface area contributed by atoms with Crippen molar-refractivity contribution >= 4 is 45.3 Å². The van der Waals surface area contributed by atoms with Gasteiger partial charge >= 0.3 is 11.9 Å². The molecular weight excluding hydrogens is 640 g/mol. The van der Waals surface area contributed by atoms with Gasteiger partial charge in [0.2, 0.25) is 0 Å². The number of allylic oxidation sites excluding steroid dienone is 1. The second-order valence-corrected chi connectivity index (χ2v) is 11.5. The van der Waals surface area contributed by atoms with Gasteiger partial charge < -0.3 is 23.7 Å². The summed E-state index contributed by atoms with van der Waals surface area (Å²) in [7, 11) is 1.48. The molecule has 3 aromatic rings. The fraction of sp³-hybridized carbons (Fsp3) is 0.355. The Labute approximate surface area is 261 Å². The number of methoxy groups -OCH3 is 1. The monoisotopic (exact) mass is 672 g/mol. The first-order valence-electron chi connectivity index (χ1n) is 13.7. The summed E-state index contributed by atoms with van der Waals surface area (Å²) >= 11 is 4.68. The van der Waals surface area contributed by atoms with Gasteiger partial charge in [-0.05, 0) is 80.4 Å². The Kier molecular flexibility index (Phi) is 10.5. The molecule has 228 valence electrons. The van der Waals surface area contributed by atoms with Crippen LogP contribution in [0, 0.1) is 0 Å². The van der Waals surface area contributed by atoms with Crippen molar-refractivity contribution in [1.29, 1.82) is 0 Å². The van der Waals surface area contributed by atoms with Gasteiger partial charge in [0.25, 0.3) is 5.56 Å². The highest BCUT2D eigenvalue weighted by atomic mass is 79.9. The molecule has 0 spiro atoms. The van der Waals surface area contributed by atoms with E-state index < -0.39 is 18.0 Å². The van der Waals surface area contributed by atoms with Crippen LogP contribution < -0.4 is 29.1 Å². The number of aromatic nitrogens is 1. The van der Waals surface area contributed by atoms with Crippen LogP contribution in [0.1, 0.15) is 51.8 Å². The van der Waals surface area contributed by atoms with E-state index in [1.165, 1.54) is 23.0 Å². The second kappa shape index (κ2) is 14.0. The molecule has 1 atom stereocenters. The molecule has 0 N–H and O–H groups in total. The number of halogens is 1. The molecule has 43 heavy (non-hydrogen) atoms. The average Bonchev–Trinajstić information content (AvgIpc) is 3.25. The van der Waals surface area contributed by atoms with Crippen molar-refractivity contribution in [2.24, 2.45) is 4.99 Å². The van der Waals surface area contributed by atoms with Crippen LogP contribution in [-0.4, -0.2) is 49.5 Å². The third-order valence-corrected chi connectivity index (χ3v) is 7.85. The number of nitrogens with zero attached hydrogens (tertiary/aromatic N) is 2. The predicted molar refractivity (Wildman–Crippen MR) is 165 cm³/mol. The van der Waals surface area contributed by atoms with Gasteiger partial charge in [-0.1, -0.05) is 29.5 Å². The molecule has 0 aliphatic carbocycles. The number of ether oxygens (including phenoxy) is 5. The fourth-order valence-corrected chi connectivity index (χ4v) is 6.22. The Morgan fingerprint density at radius 2 is 1.84 bits per heavy atom. The summed E-state index contributed by atoms with van der Waals surface area (Å²) < 4.78 is 30.0. The van der Waals surface area contributed by atoms with E-state index in [0.29, 0.717) is 47.9 Å². The van der Waals surface area contributed by atoms with E-state index >= 15 is 0 Å². The predicted octanol–water partition coefficient (Wildman–Crippen LogP) is 4.30. The van der Waals surface area contributed by atoms with Gasteiger partial charge in [-0.2, -0.15) is 0 Å². The van der Waals surface area contributed by atoms with Crippen molar-refractivity contribution < 1.29 is 33.3 Å². The van der Waals surface area contributed by atoms with E-state index in [1.54, 1.807) is 39.0 Å². The topological polar surface area (TPSA) is 115 Å². The number of hydrogen-bond donors (Lipinski definition) is 0. The van der Waals surface area contributed by atoms with Crippen LogP contribution >= 0.6 is 27.3 Å². The fourth-order valence-electron chi connectivity index (χ4n) is 4.60. The SMILES string of the molecule is CCOC(=O)COc1c(Br)cc(/C=c2/sc3n(c2=O)[C@H](c2ccccc2OC(C)C)C(C(=O)OCC)=C(C)N=3)cc1OC. The third kappa shape index (κ3) is 7.02. The maximum atomic E-state index is 14.1. The molecule has 2 heterocycles. The number of para-hydroxylation sites is 1. The molecule has 1 aromatic heterocycles. The number of fused-ring (bicyclic) bond motifs is 1. The van der Waals surface area contributed by atoms with Crippen LogP contribution in [-0.2, 0) is 19.1 Å². The molecule has 1 aliphatic heterocycles. The first kappa shape index (κ1) is 32.0. The Balaban J connectivity index is 1.86. The van der Waals surface area contributed by atoms with Gasteiger partial charge in [0.15, 0.2) is 22.9 Å². The summed E-state index contributed by atoms with van der Waals surface area (Å²) in [6.45, 7) is 9.14. The van der Waals surface area contributed by atoms with Crippen molar-refractivity contribution in [2.45, 2.75) is 46.8 Å². The Morgan fingerprint density at radius 3 is 2.51 bits per heavy atom. The normalized spacial score (nSPS) is 14.7. The summed E-state index contributed by atoms with van der Waals surface area (Å²) in [6.07, 6.45) is 1.58. The minimum Gasteiger partial charge on any atom is -0.493 e. The van der Waals surface area contributed by atoms with Gasteiger partial charge in [0.1, 0.15) is 11.8 Å². The third-order valence-electron chi connectivity index (χ3n) is 6.28. The molecule has 0 radical (unpaired) electrons. The number of carbonyl (C=O) groups excluding carboxylic acids is 2. The summed E-state index contributed by atoms with van der Waals surface area (Å²) in [5, 5.41) is 0. The van der Waals surface area contributed by atoms with Gasteiger partial charge in [-0.3, -0.25) is 9.36 Å². The van der Waals surface area contributed by atoms with Crippen molar-refractivity contribution in [3.63, 3.8) is 0 Å². The summed E-state index contributed by atoms with van der Waals surface area (Å²) in [5.74, 6) is 0.186. The zero-order valence-electron chi connectivity index (χ0n) is 24.8. The highest BCUT2D eigenvalue weighted by molar-refractivity contribution is 9.10. The Hall–Kier alpha value is -3.90. The number of rotatable bonds is 11. The van der Waals surface area contributed by atoms with Crippen LogP contribution in [0.2, 0.25) is 0 Å². The summed E-state index contributed by atoms with van der Waals surface area (Å²) in [6, 6.07) is 9.98. The van der Waals surface area contributed by atoms with E-state index in [-0.39, 0.29) is 37.1 Å². The molecule has 0 saturated carbocycles. The van der Waals surface area contributed by atoms with E-state index in [1.807, 2.05) is 38.1 Å². The lowest BCUT2D eigenvalue weighted by Crippen LogP contribution is -2.40. The van der Waals surface area contributed by atoms with Crippen molar-refractivity contribution in [3.8, 4) is 17.2 Å². The van der Waals surface area contributed by atoms with Gasteiger partial charge in [-0.15, -0.1) is 0 Å². The molecule has 2 aromatic carbocycles. The van der Waals surface area contributed by atoms with Gasteiger partial charge in [-0.25, -0.2) is 14.6 Å². The van der Waals surface area contributed by atoms with Crippen LogP contribution in [0.25, 0.3) is 6.08 Å². The number of carbonyl (C=O) groups is 2. The molecule has 1 aliphatic rings. The number of thiazole rings is 1. The van der Waals surface area contributed by atoms with Crippen LogP contribution in [0.4, 0.5) is 0 Å². The lowest BCUT2D eigenvalue weighted by Gasteiger charge is -2.26. The molecule has 0 amide bonds. The molecule has 0 saturated heterocycles. The lowest BCUT2D eigenvalue weighted by atomic mass is 9.95. The molecule has 10 nitrogen and oxygen atoms in total. The average molecular weight is 674 g/mol. The molecular formula is C31H33BrN2O8S. The van der Waals surface area contributed by atoms with E-state index in [2.05, 4.69) is 20.9 Å². The second-order valence-electron chi connectivity index (χ2n) is 9.63. The standard InChI is InChI=1S/C31H33BrN2O8S/c1-7-39-25(35)16-41-28-21(32)13-19(14-23(28)38-6)15-24-29(36)34-27(20-11-9-10-12-22(20)42-17(3)4)26(30(37)40-8-2)18(5)33-31(34)43-24/h9-15,17,27H,7-8,16H2,1-6H3/b24-15+/t27-/m1/s1. The van der Waals surface area contributed by atoms with E-state index in [9.17, 15) is 14.4 Å². The maximum absolute atomic E-state index is 14.1. The van der Waals surface area contributed by atoms with E-state index in [0.717, 1.165) is 0 Å². The van der Waals surface area contributed by atoms with Gasteiger partial charge in [0, 0.05) is 5.56 Å². The molecule has 4 rings (SSSR count). The number of hydrogen-bond acceptors (Lipinski definition) is 10. The maximum Gasteiger partial charge on any atom is 0.344 e. The number of esters is 2. The smallest absolute Gasteiger partial charge is 0.344 e. The molecule has 0 bridgehead atoms. The minimum atomic E-state index is -0.813. The Bertz CT molecular complexity index is 1740. The van der Waals surface area contributed by atoms with Crippen molar-refractivity contribution in [3.05, 3.63) is 83.0 Å². The zero-order valence-corrected chi connectivity index (χ0v) is 27.2. The number of benzene rings is 2. The van der Waals surface area contributed by atoms with E-state index in [4.69, 9.17) is 23.7 Å². The first-order valence-corrected chi connectivity index (χ1v) is 15.3. The lowest BCUT2D eigenvalue weighted by molar-refractivity contribution is -0.145. The van der Waals surface area contributed by atoms with Crippen LogP contribution in [0.15, 0.2) is 61.9 Å². The molecule has 0 fully saturated rings. The molecule has 12 heteroatoms. The van der Waals surface area contributed by atoms with Gasteiger partial charge in [0.05, 0.1) is 46.7 Å². The first-order chi connectivity index (χ1) is 20.6. The molecule has 0 unspecified atom stereocenters. The summed E-state index contributed by atoms with van der Waals surface area (Å²) in [4.78, 5) is 44.2. The largest absolute Gasteiger partial charge is 0.493 e. The van der Waals surface area contributed by atoms with Crippen molar-refractivity contribution in [1.82, 2.24) is 4.57 Å². The minimum absolute atomic E-state index is 0.134. The highest BCUT2D eigenvalue weighted by Gasteiger charge is 2.35. The summed E-state index contributed by atoms with van der Waals surface area (Å²) in [5.41, 5.74) is 1.68. The van der Waals surface area contributed by atoms with Crippen LogP contribution in [0.5, 0.6) is 17.2 Å². The van der Waals surface area contributed by atoms with Crippen molar-refractivity contribution in [2.75, 3.05) is 26.9 Å². The quantitative estimate of drug-likeness (QED) is 0.277. The highest BCUT2D eigenvalue weighted by Crippen LogP contribution is 2.38. The Morgan fingerprint density at radius 1 is 1.12 bits per heavy atom. The van der Waals surface area contributed by atoms with Crippen LogP contribution in [0.3, 0.4) is 0 Å².